The molecule has 0 radical (unpaired) electrons. The molecule has 0 bridgehead atoms. The molecule has 1 aliphatic carbocycles. The van der Waals surface area contributed by atoms with Gasteiger partial charge >= 0.3 is 0 Å². The van der Waals surface area contributed by atoms with Gasteiger partial charge in [0.2, 0.25) is 0 Å². The summed E-state index contributed by atoms with van der Waals surface area (Å²) >= 11 is 0. The Morgan fingerprint density at radius 1 is 1.04 bits per heavy atom. The molecule has 6 nitrogen and oxygen atoms in total. The molecule has 3 aliphatic rings. The minimum absolute atomic E-state index is 0.0701. The summed E-state index contributed by atoms with van der Waals surface area (Å²) in [6.45, 7) is 6.35. The summed E-state index contributed by atoms with van der Waals surface area (Å²) in [6.07, 6.45) is 3.22. The Balaban J connectivity index is 1.17. The van der Waals surface area contributed by atoms with Crippen molar-refractivity contribution in [3.05, 3.63) is 35.9 Å². The smallest absolute Gasteiger partial charge is 0.252 e. The molecular weight excluding hydrogens is 354 g/mol. The maximum atomic E-state index is 12.3. The lowest BCUT2D eigenvalue weighted by molar-refractivity contribution is -0.158. The van der Waals surface area contributed by atoms with E-state index >= 15 is 0 Å². The van der Waals surface area contributed by atoms with Crippen LogP contribution in [0.2, 0.25) is 0 Å². The van der Waals surface area contributed by atoms with E-state index in [2.05, 4.69) is 45.4 Å². The number of ether oxygens (including phenoxy) is 1. The Hall–Kier alpha value is -1.47. The number of hydrogen-bond acceptors (Lipinski definition) is 5. The number of nitrogens with zero attached hydrogens (tertiary/aromatic N) is 2. The average molecular weight is 388 g/mol. The van der Waals surface area contributed by atoms with Gasteiger partial charge in [0, 0.05) is 45.3 Å². The Kier molecular flexibility index (Phi) is 6.62. The first-order valence-corrected chi connectivity index (χ1v) is 10.8. The van der Waals surface area contributed by atoms with Crippen LogP contribution in [0.25, 0.3) is 0 Å². The summed E-state index contributed by atoms with van der Waals surface area (Å²) < 4.78 is 5.98. The highest BCUT2D eigenvalue weighted by atomic mass is 16.5. The van der Waals surface area contributed by atoms with Gasteiger partial charge in [-0.15, -0.1) is 0 Å². The summed E-state index contributed by atoms with van der Waals surface area (Å²) in [5, 5.41) is 13.1. The zero-order chi connectivity index (χ0) is 19.3. The normalized spacial score (nSPS) is 29.5. The van der Waals surface area contributed by atoms with Gasteiger partial charge in [0.05, 0.1) is 12.2 Å². The molecule has 1 amide bonds. The Morgan fingerprint density at radius 3 is 2.46 bits per heavy atom. The number of benzene rings is 1. The van der Waals surface area contributed by atoms with Crippen LogP contribution in [0.1, 0.15) is 37.7 Å². The van der Waals surface area contributed by atoms with Gasteiger partial charge in [-0.1, -0.05) is 30.3 Å². The fraction of sp³-hybridized carbons (Fsp3) is 0.682. The second-order valence-corrected chi connectivity index (χ2v) is 8.50. The van der Waals surface area contributed by atoms with Crippen molar-refractivity contribution in [3.8, 4) is 0 Å². The first-order valence-electron chi connectivity index (χ1n) is 10.8. The lowest BCUT2D eigenvalue weighted by atomic mass is 9.98. The third-order valence-electron chi connectivity index (χ3n) is 6.14. The monoisotopic (exact) mass is 387 g/mol. The summed E-state index contributed by atoms with van der Waals surface area (Å²) in [6, 6.07) is 11.0. The molecule has 2 saturated heterocycles. The van der Waals surface area contributed by atoms with E-state index in [4.69, 9.17) is 4.74 Å². The SMILES string of the molecule is O=C(NC1CC1)[C@H]1O[C@H](CCN2CCN(Cc3ccccc3)CC2)CC[C@@H]1O. The highest BCUT2D eigenvalue weighted by Crippen LogP contribution is 2.25. The minimum atomic E-state index is -0.693. The van der Waals surface area contributed by atoms with Crippen LogP contribution in [0.15, 0.2) is 30.3 Å². The van der Waals surface area contributed by atoms with Gasteiger partial charge in [0.15, 0.2) is 6.10 Å². The molecule has 2 N–H and O–H groups in total. The highest BCUT2D eigenvalue weighted by molar-refractivity contribution is 5.82. The third-order valence-corrected chi connectivity index (χ3v) is 6.14. The number of amides is 1. The predicted octanol–water partition coefficient (Wildman–Crippen LogP) is 1.38. The van der Waals surface area contributed by atoms with Gasteiger partial charge < -0.3 is 20.1 Å². The second kappa shape index (κ2) is 9.35. The van der Waals surface area contributed by atoms with E-state index in [0.29, 0.717) is 12.5 Å². The van der Waals surface area contributed by atoms with Crippen molar-refractivity contribution >= 4 is 5.91 Å². The van der Waals surface area contributed by atoms with Gasteiger partial charge in [-0.3, -0.25) is 9.69 Å². The molecule has 0 aromatic heterocycles. The molecule has 1 aromatic carbocycles. The number of nitrogens with one attached hydrogen (secondary N) is 1. The maximum Gasteiger partial charge on any atom is 0.252 e. The molecular formula is C22H33N3O3. The van der Waals surface area contributed by atoms with Crippen molar-refractivity contribution in [1.82, 2.24) is 15.1 Å². The number of piperazine rings is 1. The van der Waals surface area contributed by atoms with Gasteiger partial charge in [0.25, 0.3) is 5.91 Å². The second-order valence-electron chi connectivity index (χ2n) is 8.50. The van der Waals surface area contributed by atoms with Crippen LogP contribution in [0, 0.1) is 0 Å². The number of rotatable bonds is 7. The number of aliphatic hydroxyl groups excluding tert-OH is 1. The van der Waals surface area contributed by atoms with Crippen molar-refractivity contribution in [2.75, 3.05) is 32.7 Å². The van der Waals surface area contributed by atoms with Crippen LogP contribution in [-0.2, 0) is 16.1 Å². The lowest BCUT2D eigenvalue weighted by Crippen LogP contribution is -2.50. The quantitative estimate of drug-likeness (QED) is 0.740. The molecule has 0 unspecified atom stereocenters. The summed E-state index contributed by atoms with van der Waals surface area (Å²) in [5.41, 5.74) is 1.38. The van der Waals surface area contributed by atoms with Crippen LogP contribution in [0.5, 0.6) is 0 Å². The summed E-state index contributed by atoms with van der Waals surface area (Å²) in [4.78, 5) is 17.3. The summed E-state index contributed by atoms with van der Waals surface area (Å²) in [7, 11) is 0. The number of aliphatic hydroxyl groups is 1. The molecule has 4 rings (SSSR count). The van der Waals surface area contributed by atoms with Crippen molar-refractivity contribution in [2.24, 2.45) is 0 Å². The van der Waals surface area contributed by atoms with E-state index in [1.807, 2.05) is 0 Å². The molecule has 1 saturated carbocycles. The van der Waals surface area contributed by atoms with E-state index in [1.165, 1.54) is 5.56 Å². The molecule has 2 aliphatic heterocycles. The fourth-order valence-electron chi connectivity index (χ4n) is 4.17. The molecule has 3 fully saturated rings. The van der Waals surface area contributed by atoms with Gasteiger partial charge in [-0.2, -0.15) is 0 Å². The fourth-order valence-corrected chi connectivity index (χ4v) is 4.17. The molecule has 28 heavy (non-hydrogen) atoms. The van der Waals surface area contributed by atoms with Crippen molar-refractivity contribution in [3.63, 3.8) is 0 Å². The Morgan fingerprint density at radius 2 is 1.75 bits per heavy atom. The number of carbonyl (C=O) groups is 1. The van der Waals surface area contributed by atoms with Crippen molar-refractivity contribution in [2.45, 2.75) is 63.0 Å². The molecule has 154 valence electrons. The third kappa shape index (κ3) is 5.54. The minimum Gasteiger partial charge on any atom is -0.390 e. The largest absolute Gasteiger partial charge is 0.390 e. The van der Waals surface area contributed by atoms with E-state index in [0.717, 1.165) is 65.0 Å². The van der Waals surface area contributed by atoms with E-state index in [1.54, 1.807) is 0 Å². The zero-order valence-electron chi connectivity index (χ0n) is 16.6. The first kappa shape index (κ1) is 19.8. The van der Waals surface area contributed by atoms with E-state index in [-0.39, 0.29) is 12.0 Å². The average Bonchev–Trinajstić information content (AvgIpc) is 3.53. The maximum absolute atomic E-state index is 12.3. The standard InChI is InChI=1S/C22H33N3O3/c26-20-9-8-19(28-21(20)22(27)23-18-6-7-18)10-11-24-12-14-25(15-13-24)16-17-4-2-1-3-5-17/h1-5,18-21,26H,6-16H2,(H,23,27)/t19-,20-,21-/m0/s1. The Bertz CT molecular complexity index is 629. The molecule has 6 heteroatoms. The highest BCUT2D eigenvalue weighted by Gasteiger charge is 2.37. The van der Waals surface area contributed by atoms with Gasteiger partial charge in [0.1, 0.15) is 0 Å². The van der Waals surface area contributed by atoms with Crippen LogP contribution < -0.4 is 5.32 Å². The van der Waals surface area contributed by atoms with Crippen LogP contribution in [0.3, 0.4) is 0 Å². The molecule has 3 atom stereocenters. The molecule has 1 aromatic rings. The van der Waals surface area contributed by atoms with Gasteiger partial charge in [-0.05, 0) is 37.7 Å². The molecule has 2 heterocycles. The van der Waals surface area contributed by atoms with E-state index in [9.17, 15) is 9.90 Å². The van der Waals surface area contributed by atoms with Crippen LogP contribution >= 0.6 is 0 Å². The number of hydrogen-bond donors (Lipinski definition) is 2. The van der Waals surface area contributed by atoms with E-state index < -0.39 is 12.2 Å². The topological polar surface area (TPSA) is 65.0 Å². The Labute approximate surface area is 167 Å². The van der Waals surface area contributed by atoms with Crippen molar-refractivity contribution in [1.29, 1.82) is 0 Å². The van der Waals surface area contributed by atoms with Crippen molar-refractivity contribution < 1.29 is 14.6 Å². The van der Waals surface area contributed by atoms with Crippen LogP contribution in [-0.4, -0.2) is 77.9 Å². The first-order chi connectivity index (χ1) is 13.7. The van der Waals surface area contributed by atoms with Crippen LogP contribution in [0.4, 0.5) is 0 Å². The number of carbonyl (C=O) groups excluding carboxylic acids is 1. The van der Waals surface area contributed by atoms with Gasteiger partial charge in [-0.25, -0.2) is 0 Å². The zero-order valence-corrected chi connectivity index (χ0v) is 16.6. The molecule has 0 spiro atoms. The lowest BCUT2D eigenvalue weighted by Gasteiger charge is -2.37. The summed E-state index contributed by atoms with van der Waals surface area (Å²) in [5.74, 6) is -0.130. The predicted molar refractivity (Wildman–Crippen MR) is 108 cm³/mol.